The molecule has 1 rings (SSSR count). The van der Waals surface area contributed by atoms with Crippen molar-refractivity contribution in [3.63, 3.8) is 0 Å². The maximum absolute atomic E-state index is 11.8. The van der Waals surface area contributed by atoms with Crippen molar-refractivity contribution in [1.82, 2.24) is 0 Å². The summed E-state index contributed by atoms with van der Waals surface area (Å²) in [5.41, 5.74) is 6.07. The number of rotatable bonds is 6. The van der Waals surface area contributed by atoms with E-state index >= 15 is 0 Å². The Morgan fingerprint density at radius 1 is 1.26 bits per heavy atom. The minimum absolute atomic E-state index is 0.0593. The number of nitrogens with two attached hydrogens (primary N) is 1. The number of carbonyl (C=O) groups excluding carboxylic acids is 1. The van der Waals surface area contributed by atoms with Gasteiger partial charge in [0.15, 0.2) is 9.84 Å². The number of anilines is 1. The fourth-order valence-electron chi connectivity index (χ4n) is 1.62. The number of amides is 1. The number of hydrogen-bond donors (Lipinski definition) is 2. The Hall–Kier alpha value is -1.40. The van der Waals surface area contributed by atoms with Crippen molar-refractivity contribution < 1.29 is 13.2 Å². The van der Waals surface area contributed by atoms with E-state index in [0.717, 1.165) is 0 Å². The zero-order valence-electron chi connectivity index (χ0n) is 11.2. The normalized spacial score (nSPS) is 13.0. The average Bonchev–Trinajstić information content (AvgIpc) is 2.40. The summed E-state index contributed by atoms with van der Waals surface area (Å²) in [5.74, 6) is -0.306. The van der Waals surface area contributed by atoms with Gasteiger partial charge < -0.3 is 11.1 Å². The summed E-state index contributed by atoms with van der Waals surface area (Å²) in [6.45, 7) is 3.79. The van der Waals surface area contributed by atoms with Crippen LogP contribution >= 0.6 is 0 Å². The second-order valence-corrected chi connectivity index (χ2v) is 6.54. The van der Waals surface area contributed by atoms with Gasteiger partial charge in [-0.1, -0.05) is 13.8 Å². The van der Waals surface area contributed by atoms with E-state index in [4.69, 9.17) is 5.73 Å². The van der Waals surface area contributed by atoms with Gasteiger partial charge in [-0.25, -0.2) is 8.42 Å². The third kappa shape index (κ3) is 4.04. The van der Waals surface area contributed by atoms with Gasteiger partial charge >= 0.3 is 0 Å². The van der Waals surface area contributed by atoms with Crippen LogP contribution < -0.4 is 11.1 Å². The minimum Gasteiger partial charge on any atom is -0.330 e. The predicted octanol–water partition coefficient (Wildman–Crippen LogP) is 1.40. The largest absolute Gasteiger partial charge is 0.330 e. The van der Waals surface area contributed by atoms with Crippen LogP contribution in [0.2, 0.25) is 0 Å². The zero-order chi connectivity index (χ0) is 14.5. The van der Waals surface area contributed by atoms with Gasteiger partial charge in [-0.3, -0.25) is 4.79 Å². The van der Waals surface area contributed by atoms with Gasteiger partial charge in [-0.2, -0.15) is 0 Å². The van der Waals surface area contributed by atoms with Gasteiger partial charge in [0.2, 0.25) is 5.91 Å². The molecule has 0 aliphatic rings. The van der Waals surface area contributed by atoms with Crippen LogP contribution in [-0.2, 0) is 14.6 Å². The molecule has 1 atom stereocenters. The maximum Gasteiger partial charge on any atom is 0.228 e. The van der Waals surface area contributed by atoms with Gasteiger partial charge in [-0.15, -0.1) is 0 Å². The van der Waals surface area contributed by atoms with Crippen LogP contribution in [0.3, 0.4) is 0 Å². The highest BCUT2D eigenvalue weighted by Gasteiger charge is 2.15. The van der Waals surface area contributed by atoms with E-state index < -0.39 is 9.84 Å². The molecule has 0 aliphatic carbocycles. The van der Waals surface area contributed by atoms with E-state index in [1.54, 1.807) is 19.1 Å². The number of nitrogens with one attached hydrogen (secondary N) is 1. The lowest BCUT2D eigenvalue weighted by molar-refractivity contribution is -0.119. The van der Waals surface area contributed by atoms with E-state index in [1.807, 2.05) is 6.92 Å². The van der Waals surface area contributed by atoms with Crippen molar-refractivity contribution in [3.8, 4) is 0 Å². The third-order valence-corrected chi connectivity index (χ3v) is 4.76. The molecule has 19 heavy (non-hydrogen) atoms. The Kier molecular flexibility index (Phi) is 5.50. The Morgan fingerprint density at radius 3 is 2.26 bits per heavy atom. The number of carbonyl (C=O) groups is 1. The molecular weight excluding hydrogens is 264 g/mol. The van der Waals surface area contributed by atoms with Crippen LogP contribution in [-0.4, -0.2) is 26.6 Å². The lowest BCUT2D eigenvalue weighted by atomic mass is 10.1. The van der Waals surface area contributed by atoms with Gasteiger partial charge in [0, 0.05) is 12.2 Å². The van der Waals surface area contributed by atoms with E-state index in [9.17, 15) is 13.2 Å². The van der Waals surface area contributed by atoms with Crippen molar-refractivity contribution >= 4 is 21.4 Å². The second-order valence-electron chi connectivity index (χ2n) is 4.26. The highest BCUT2D eigenvalue weighted by atomic mass is 32.2. The van der Waals surface area contributed by atoms with Crippen LogP contribution in [0, 0.1) is 5.92 Å². The smallest absolute Gasteiger partial charge is 0.228 e. The quantitative estimate of drug-likeness (QED) is 0.826. The fraction of sp³-hybridized carbons (Fsp3) is 0.462. The lowest BCUT2D eigenvalue weighted by Gasteiger charge is -2.12. The molecule has 0 saturated carbocycles. The Morgan fingerprint density at radius 2 is 1.84 bits per heavy atom. The summed E-state index contributed by atoms with van der Waals surface area (Å²) in [7, 11) is -3.20. The third-order valence-electron chi connectivity index (χ3n) is 3.01. The highest BCUT2D eigenvalue weighted by molar-refractivity contribution is 7.91. The van der Waals surface area contributed by atoms with Crippen molar-refractivity contribution in [2.75, 3.05) is 17.6 Å². The van der Waals surface area contributed by atoms with Crippen LogP contribution in [0.25, 0.3) is 0 Å². The zero-order valence-corrected chi connectivity index (χ0v) is 12.0. The topological polar surface area (TPSA) is 89.3 Å². The molecule has 1 aromatic carbocycles. The molecule has 0 saturated heterocycles. The van der Waals surface area contributed by atoms with Crippen LogP contribution in [0.5, 0.6) is 0 Å². The Balaban J connectivity index is 2.81. The predicted molar refractivity (Wildman–Crippen MR) is 75.6 cm³/mol. The minimum atomic E-state index is -3.20. The second kappa shape index (κ2) is 6.68. The maximum atomic E-state index is 11.8. The highest BCUT2D eigenvalue weighted by Crippen LogP contribution is 2.16. The van der Waals surface area contributed by atoms with Gasteiger partial charge in [0.05, 0.1) is 16.6 Å². The first-order chi connectivity index (χ1) is 8.94. The molecule has 0 spiro atoms. The number of hydrogen-bond acceptors (Lipinski definition) is 4. The Labute approximate surface area is 114 Å². The lowest BCUT2D eigenvalue weighted by Crippen LogP contribution is -2.28. The molecule has 5 nitrogen and oxygen atoms in total. The number of sulfone groups is 1. The molecule has 0 bridgehead atoms. The first kappa shape index (κ1) is 15.7. The standard InChI is InChI=1S/C13H20N2O3S/c1-3-10(9-14)13(16)15-11-5-7-12(8-6-11)19(17,18)4-2/h5-8,10H,3-4,9,14H2,1-2H3,(H,15,16). The van der Waals surface area contributed by atoms with E-state index in [2.05, 4.69) is 5.32 Å². The molecule has 3 N–H and O–H groups in total. The van der Waals surface area contributed by atoms with Crippen LogP contribution in [0.1, 0.15) is 20.3 Å². The summed E-state index contributed by atoms with van der Waals surface area (Å²) in [4.78, 5) is 12.1. The molecular formula is C13H20N2O3S. The molecule has 0 aromatic heterocycles. The number of benzene rings is 1. The van der Waals surface area contributed by atoms with Crippen molar-refractivity contribution in [2.24, 2.45) is 11.7 Å². The summed E-state index contributed by atoms with van der Waals surface area (Å²) in [5, 5.41) is 2.73. The molecule has 0 fully saturated rings. The fourth-order valence-corrected chi connectivity index (χ4v) is 2.50. The summed E-state index contributed by atoms with van der Waals surface area (Å²) >= 11 is 0. The molecule has 6 heteroatoms. The van der Waals surface area contributed by atoms with E-state index in [1.165, 1.54) is 12.1 Å². The van der Waals surface area contributed by atoms with Crippen molar-refractivity contribution in [2.45, 2.75) is 25.2 Å². The van der Waals surface area contributed by atoms with Crippen LogP contribution in [0.15, 0.2) is 29.2 Å². The summed E-state index contributed by atoms with van der Waals surface area (Å²) < 4.78 is 23.3. The van der Waals surface area contributed by atoms with Crippen molar-refractivity contribution in [3.05, 3.63) is 24.3 Å². The first-order valence-electron chi connectivity index (χ1n) is 6.28. The monoisotopic (exact) mass is 284 g/mol. The van der Waals surface area contributed by atoms with E-state index in [-0.39, 0.29) is 22.5 Å². The van der Waals surface area contributed by atoms with Gasteiger partial charge in [-0.05, 0) is 30.7 Å². The van der Waals surface area contributed by atoms with Gasteiger partial charge in [0.25, 0.3) is 0 Å². The van der Waals surface area contributed by atoms with Gasteiger partial charge in [0.1, 0.15) is 0 Å². The molecule has 106 valence electrons. The SMILES string of the molecule is CCC(CN)C(=O)Nc1ccc(S(=O)(=O)CC)cc1. The first-order valence-corrected chi connectivity index (χ1v) is 7.93. The summed E-state index contributed by atoms with van der Waals surface area (Å²) in [6.07, 6.45) is 0.671. The molecule has 1 unspecified atom stereocenters. The summed E-state index contributed by atoms with van der Waals surface area (Å²) in [6, 6.07) is 6.17. The molecule has 0 radical (unpaired) electrons. The molecule has 1 aromatic rings. The van der Waals surface area contributed by atoms with E-state index in [0.29, 0.717) is 18.7 Å². The Bertz CT molecular complexity index is 519. The average molecular weight is 284 g/mol. The van der Waals surface area contributed by atoms with Crippen LogP contribution in [0.4, 0.5) is 5.69 Å². The molecule has 0 heterocycles. The molecule has 0 aliphatic heterocycles. The molecule has 1 amide bonds. The van der Waals surface area contributed by atoms with Crippen molar-refractivity contribution in [1.29, 1.82) is 0 Å².